The van der Waals surface area contributed by atoms with Crippen molar-refractivity contribution in [3.8, 4) is 11.5 Å². The zero-order valence-corrected chi connectivity index (χ0v) is 28.0. The second-order valence-corrected chi connectivity index (χ2v) is 12.3. The van der Waals surface area contributed by atoms with Gasteiger partial charge in [-0.3, -0.25) is 19.2 Å². The monoisotopic (exact) mass is 745 g/mol. The Morgan fingerprint density at radius 2 is 1.63 bits per heavy atom. The van der Waals surface area contributed by atoms with Gasteiger partial charge in [-0.25, -0.2) is 14.4 Å². The number of aliphatic carboxylic acids is 2. The lowest BCUT2D eigenvalue weighted by molar-refractivity contribution is -0.195. The molecule has 1 spiro atoms. The van der Waals surface area contributed by atoms with Crippen molar-refractivity contribution in [2.24, 2.45) is 0 Å². The predicted octanol–water partition coefficient (Wildman–Crippen LogP) is 0.598. The number of rotatable bonds is 11. The molecule has 2 heterocycles. The molecule has 1 aromatic carbocycles. The Hall–Kier alpha value is -5.24. The molecule has 5 rings (SSSR count). The highest BCUT2D eigenvalue weighted by Crippen LogP contribution is 2.65. The van der Waals surface area contributed by atoms with Crippen LogP contribution >= 0.6 is 0 Å². The van der Waals surface area contributed by atoms with Crippen molar-refractivity contribution in [2.75, 3.05) is 20.7 Å². The van der Waals surface area contributed by atoms with Crippen molar-refractivity contribution in [1.29, 1.82) is 0 Å². The van der Waals surface area contributed by atoms with Crippen LogP contribution < -0.4 is 9.47 Å². The molecule has 4 aliphatic rings. The lowest BCUT2D eigenvalue weighted by Gasteiger charge is -2.61. The molecule has 17 nitrogen and oxygen atoms in total. The number of hydrogen-bond donors (Lipinski definition) is 3. The third-order valence-corrected chi connectivity index (χ3v) is 9.13. The van der Waals surface area contributed by atoms with Crippen molar-refractivity contribution in [3.05, 3.63) is 35.1 Å². The minimum atomic E-state index is -4.64. The Morgan fingerprint density at radius 1 is 1.04 bits per heavy atom. The van der Waals surface area contributed by atoms with Gasteiger partial charge in [0, 0.05) is 31.9 Å². The number of methoxy groups -OCH3 is 1. The number of aldehydes is 1. The Labute approximate surface area is 292 Å². The first-order valence-corrected chi connectivity index (χ1v) is 15.4. The van der Waals surface area contributed by atoms with Gasteiger partial charge in [0.15, 0.2) is 17.6 Å². The fraction of sp³-hybridized carbons (Fsp3) is 0.531. The van der Waals surface area contributed by atoms with Gasteiger partial charge < -0.3 is 48.6 Å². The number of alkyl halides is 3. The Bertz CT molecular complexity index is 1690. The average Bonchev–Trinajstić information content (AvgIpc) is 3.40. The standard InChI is InChI=1S/C30H33NO15.C2HF3O/c1-13(32)42-23(24(43-14(2)33)28(39)45-18(26(36)37)12-20(34)35)27(38)44-17-7-8-30(40)19-11-15-5-6-16(41-4)22-21(15)29(30,25(17)46-22)9-10-31(19)3;3-2(4,5)1-6/h5-7,18-19,23-25,40H,8-12H2,1-4H3,(H,34,35)(H,36,37);1H/t18-,19-,23-,24-,25+,29+,30-;/m1./s1. The first-order chi connectivity index (χ1) is 24.2. The molecule has 284 valence electrons. The maximum atomic E-state index is 13.7. The predicted molar refractivity (Wildman–Crippen MR) is 161 cm³/mol. The minimum Gasteiger partial charge on any atom is -0.493 e. The molecule has 20 heteroatoms. The molecule has 2 aliphatic carbocycles. The number of ether oxygens (including phenoxy) is 6. The number of aliphatic hydroxyl groups is 1. The third kappa shape index (κ3) is 7.38. The third-order valence-electron chi connectivity index (χ3n) is 9.13. The number of likely N-dealkylation sites (tertiary alicyclic amines) is 1. The summed E-state index contributed by atoms with van der Waals surface area (Å²) in [7, 11) is 3.38. The summed E-state index contributed by atoms with van der Waals surface area (Å²) in [4.78, 5) is 84.2. The van der Waals surface area contributed by atoms with E-state index in [0.717, 1.165) is 25.0 Å². The number of piperidine rings is 1. The molecule has 7 atom stereocenters. The van der Waals surface area contributed by atoms with Gasteiger partial charge in [-0.05, 0) is 44.1 Å². The number of nitrogens with zero attached hydrogens (tertiary/aromatic N) is 1. The van der Waals surface area contributed by atoms with E-state index in [1.807, 2.05) is 13.1 Å². The zero-order chi connectivity index (χ0) is 38.9. The summed E-state index contributed by atoms with van der Waals surface area (Å²) in [6.07, 6.45) is -12.4. The zero-order valence-electron chi connectivity index (χ0n) is 28.0. The summed E-state index contributed by atoms with van der Waals surface area (Å²) in [5.41, 5.74) is -0.762. The Morgan fingerprint density at radius 3 is 2.15 bits per heavy atom. The summed E-state index contributed by atoms with van der Waals surface area (Å²) in [6, 6.07) is 3.35. The van der Waals surface area contributed by atoms with Crippen molar-refractivity contribution in [1.82, 2.24) is 4.90 Å². The summed E-state index contributed by atoms with van der Waals surface area (Å²) in [5.74, 6) is -8.10. The number of esters is 4. The first kappa shape index (κ1) is 39.5. The van der Waals surface area contributed by atoms with Crippen LogP contribution in [0.5, 0.6) is 11.5 Å². The van der Waals surface area contributed by atoms with Gasteiger partial charge in [-0.2, -0.15) is 13.2 Å². The summed E-state index contributed by atoms with van der Waals surface area (Å²) < 4.78 is 63.6. The van der Waals surface area contributed by atoms with Gasteiger partial charge in [0.05, 0.1) is 24.5 Å². The number of carboxylic acid groups (broad SMARTS) is 2. The molecule has 1 saturated heterocycles. The molecule has 0 unspecified atom stereocenters. The summed E-state index contributed by atoms with van der Waals surface area (Å²) in [6.45, 7) is 2.33. The van der Waals surface area contributed by atoms with Crippen molar-refractivity contribution in [2.45, 2.75) is 87.2 Å². The van der Waals surface area contributed by atoms with Crippen molar-refractivity contribution >= 4 is 42.1 Å². The van der Waals surface area contributed by atoms with Gasteiger partial charge in [0.25, 0.3) is 0 Å². The molecule has 1 fully saturated rings. The van der Waals surface area contributed by atoms with Gasteiger partial charge in [-0.1, -0.05) is 6.07 Å². The van der Waals surface area contributed by atoms with E-state index in [4.69, 9.17) is 38.3 Å². The summed E-state index contributed by atoms with van der Waals surface area (Å²) in [5, 5.41) is 30.7. The molecular weight excluding hydrogens is 711 g/mol. The van der Waals surface area contributed by atoms with Crippen LogP contribution in [0.25, 0.3) is 0 Å². The molecular formula is C32H34F3NO16. The minimum absolute atomic E-state index is 0.0314. The number of hydrogen-bond acceptors (Lipinski definition) is 15. The average molecular weight is 746 g/mol. The molecule has 3 N–H and O–H groups in total. The molecule has 0 aromatic heterocycles. The second kappa shape index (κ2) is 14.8. The van der Waals surface area contributed by atoms with E-state index in [1.54, 1.807) is 6.07 Å². The smallest absolute Gasteiger partial charge is 0.446 e. The van der Waals surface area contributed by atoms with E-state index >= 15 is 0 Å². The van der Waals surface area contributed by atoms with Crippen LogP contribution in [0.1, 0.15) is 44.2 Å². The van der Waals surface area contributed by atoms with Crippen molar-refractivity contribution < 1.29 is 90.5 Å². The number of halogens is 3. The lowest BCUT2D eigenvalue weighted by atomic mass is 9.50. The van der Waals surface area contributed by atoms with Gasteiger partial charge in [0.2, 0.25) is 24.6 Å². The first-order valence-electron chi connectivity index (χ1n) is 15.4. The molecule has 0 amide bonds. The van der Waals surface area contributed by atoms with Crippen LogP contribution in [0.3, 0.4) is 0 Å². The molecule has 2 aliphatic heterocycles. The van der Waals surface area contributed by atoms with E-state index in [9.17, 15) is 52.2 Å². The molecule has 0 saturated carbocycles. The highest BCUT2D eigenvalue weighted by molar-refractivity contribution is 5.91. The van der Waals surface area contributed by atoms with E-state index in [1.165, 1.54) is 13.2 Å². The van der Waals surface area contributed by atoms with Crippen LogP contribution in [-0.2, 0) is 64.3 Å². The maximum Gasteiger partial charge on any atom is 0.446 e. The van der Waals surface area contributed by atoms with Crippen LogP contribution in [0.15, 0.2) is 24.0 Å². The molecule has 1 aromatic rings. The van der Waals surface area contributed by atoms with E-state index in [-0.39, 0.29) is 18.2 Å². The fourth-order valence-corrected chi connectivity index (χ4v) is 7.13. The SMILES string of the molecule is COc1ccc2c3c1O[C@H]1C(OC(=O)[C@H](OC(C)=O)[C@@H](OC(C)=O)C(=O)O[C@H](CC(=O)O)C(=O)O)=CC[C@@]4(O)[C@@H](C2)N(C)CC[C@]314.O=CC(F)(F)F. The number of carboxylic acids is 2. The van der Waals surface area contributed by atoms with E-state index in [0.29, 0.717) is 30.9 Å². The topological polar surface area (TPSA) is 239 Å². The Kier molecular flexibility index (Phi) is 11.2. The number of benzene rings is 1. The summed E-state index contributed by atoms with van der Waals surface area (Å²) >= 11 is 0. The second-order valence-electron chi connectivity index (χ2n) is 12.3. The van der Waals surface area contributed by atoms with Crippen LogP contribution in [0.2, 0.25) is 0 Å². The highest BCUT2D eigenvalue weighted by Gasteiger charge is 2.72. The molecule has 52 heavy (non-hydrogen) atoms. The largest absolute Gasteiger partial charge is 0.493 e. The lowest BCUT2D eigenvalue weighted by Crippen LogP contribution is -2.74. The number of likely N-dealkylation sites (N-methyl/N-ethyl adjacent to an activating group) is 1. The molecule has 0 radical (unpaired) electrons. The van der Waals surface area contributed by atoms with Crippen LogP contribution in [0.4, 0.5) is 13.2 Å². The van der Waals surface area contributed by atoms with Gasteiger partial charge in [-0.15, -0.1) is 0 Å². The van der Waals surface area contributed by atoms with E-state index in [2.05, 4.69) is 4.90 Å². The maximum absolute atomic E-state index is 13.7. The van der Waals surface area contributed by atoms with Crippen LogP contribution in [0, 0.1) is 0 Å². The Balaban J connectivity index is 0.000000929. The number of carbonyl (C=O) groups excluding carboxylic acids is 5. The van der Waals surface area contributed by atoms with Crippen molar-refractivity contribution in [3.63, 3.8) is 0 Å². The fourth-order valence-electron chi connectivity index (χ4n) is 7.13. The van der Waals surface area contributed by atoms with Gasteiger partial charge in [0.1, 0.15) is 5.76 Å². The normalized spacial score (nSPS) is 25.5. The molecule has 2 bridgehead atoms. The highest BCUT2D eigenvalue weighted by atomic mass is 19.4. The van der Waals surface area contributed by atoms with Gasteiger partial charge >= 0.3 is 42.0 Å². The quantitative estimate of drug-likeness (QED) is 0.160. The van der Waals surface area contributed by atoms with E-state index < -0.39 is 90.1 Å². The number of carbonyl (C=O) groups is 7. The van der Waals surface area contributed by atoms with Crippen LogP contribution in [-0.4, -0.2) is 125 Å².